The number of hydrogen-bond donors (Lipinski definition) is 2. The van der Waals surface area contributed by atoms with Gasteiger partial charge < -0.3 is 5.73 Å². The highest BCUT2D eigenvalue weighted by molar-refractivity contribution is 7.80. The van der Waals surface area contributed by atoms with Gasteiger partial charge in [0.1, 0.15) is 0 Å². The molecular formula is C14H15NS. The van der Waals surface area contributed by atoms with Gasteiger partial charge in [-0.05, 0) is 54.3 Å². The molecule has 2 heteroatoms. The molecule has 0 amide bonds. The number of nitrogen functional groups attached to an aromatic ring is 1. The Bertz CT molecular complexity index is 509. The van der Waals surface area contributed by atoms with Gasteiger partial charge in [0.2, 0.25) is 0 Å². The molecule has 0 saturated carbocycles. The van der Waals surface area contributed by atoms with E-state index in [1.165, 1.54) is 5.56 Å². The molecule has 16 heavy (non-hydrogen) atoms. The van der Waals surface area contributed by atoms with E-state index >= 15 is 0 Å². The van der Waals surface area contributed by atoms with Crippen LogP contribution in [0.2, 0.25) is 0 Å². The lowest BCUT2D eigenvalue weighted by molar-refractivity contribution is 1.34. The van der Waals surface area contributed by atoms with E-state index in [1.54, 1.807) is 0 Å². The van der Waals surface area contributed by atoms with Gasteiger partial charge in [0, 0.05) is 10.6 Å². The van der Waals surface area contributed by atoms with Crippen LogP contribution in [0.1, 0.15) is 11.1 Å². The summed E-state index contributed by atoms with van der Waals surface area (Å²) < 4.78 is 0. The fourth-order valence-corrected chi connectivity index (χ4v) is 1.96. The molecule has 0 fully saturated rings. The first-order valence-corrected chi connectivity index (χ1v) is 5.69. The van der Waals surface area contributed by atoms with E-state index in [9.17, 15) is 0 Å². The number of rotatable bonds is 1. The number of aryl methyl sites for hydroxylation is 1. The first-order valence-electron chi connectivity index (χ1n) is 5.24. The van der Waals surface area contributed by atoms with Crippen molar-refractivity contribution < 1.29 is 0 Å². The minimum Gasteiger partial charge on any atom is -0.398 e. The molecule has 2 aromatic rings. The Balaban J connectivity index is 2.57. The highest BCUT2D eigenvalue weighted by atomic mass is 32.1. The summed E-state index contributed by atoms with van der Waals surface area (Å²) in [6, 6.07) is 12.3. The smallest absolute Gasteiger partial charge is 0.0352 e. The average Bonchev–Trinajstić information content (AvgIpc) is 2.25. The Morgan fingerprint density at radius 2 is 1.75 bits per heavy atom. The lowest BCUT2D eigenvalue weighted by Gasteiger charge is -2.09. The Morgan fingerprint density at radius 3 is 2.38 bits per heavy atom. The van der Waals surface area contributed by atoms with E-state index in [0.29, 0.717) is 0 Å². The van der Waals surface area contributed by atoms with E-state index in [-0.39, 0.29) is 0 Å². The molecule has 0 spiro atoms. The van der Waals surface area contributed by atoms with Crippen molar-refractivity contribution in [1.29, 1.82) is 0 Å². The maximum Gasteiger partial charge on any atom is 0.0352 e. The van der Waals surface area contributed by atoms with Crippen LogP contribution in [0.5, 0.6) is 0 Å². The van der Waals surface area contributed by atoms with Crippen molar-refractivity contribution in [2.24, 2.45) is 0 Å². The number of nitrogens with two attached hydrogens (primary N) is 1. The first-order chi connectivity index (χ1) is 7.58. The predicted octanol–water partition coefficient (Wildman–Crippen LogP) is 3.84. The van der Waals surface area contributed by atoms with Gasteiger partial charge >= 0.3 is 0 Å². The molecule has 82 valence electrons. The van der Waals surface area contributed by atoms with E-state index in [1.807, 2.05) is 31.2 Å². The number of hydrogen-bond acceptors (Lipinski definition) is 2. The van der Waals surface area contributed by atoms with Gasteiger partial charge in [-0.3, -0.25) is 0 Å². The van der Waals surface area contributed by atoms with Crippen LogP contribution in [0.15, 0.2) is 41.3 Å². The van der Waals surface area contributed by atoms with Crippen molar-refractivity contribution in [3.63, 3.8) is 0 Å². The summed E-state index contributed by atoms with van der Waals surface area (Å²) in [6.07, 6.45) is 0. The highest BCUT2D eigenvalue weighted by Gasteiger charge is 2.03. The van der Waals surface area contributed by atoms with Gasteiger partial charge in [-0.15, -0.1) is 12.6 Å². The summed E-state index contributed by atoms with van der Waals surface area (Å²) in [7, 11) is 0. The minimum absolute atomic E-state index is 0.847. The van der Waals surface area contributed by atoms with E-state index in [0.717, 1.165) is 27.3 Å². The van der Waals surface area contributed by atoms with Crippen LogP contribution in [0.3, 0.4) is 0 Å². The van der Waals surface area contributed by atoms with E-state index in [2.05, 4.69) is 31.7 Å². The second-order valence-electron chi connectivity index (χ2n) is 4.06. The van der Waals surface area contributed by atoms with E-state index < -0.39 is 0 Å². The average molecular weight is 229 g/mol. The fourth-order valence-electron chi connectivity index (χ4n) is 1.74. The second-order valence-corrected chi connectivity index (χ2v) is 4.57. The topological polar surface area (TPSA) is 26.0 Å². The molecule has 0 saturated heterocycles. The van der Waals surface area contributed by atoms with Gasteiger partial charge in [-0.25, -0.2) is 0 Å². The molecule has 2 N–H and O–H groups in total. The number of benzene rings is 2. The molecule has 0 aromatic heterocycles. The van der Waals surface area contributed by atoms with Crippen LogP contribution in [-0.2, 0) is 0 Å². The Kier molecular flexibility index (Phi) is 2.92. The number of thiol groups is 1. The molecule has 2 rings (SSSR count). The Morgan fingerprint density at radius 1 is 1.00 bits per heavy atom. The van der Waals surface area contributed by atoms with Gasteiger partial charge in [-0.1, -0.05) is 18.2 Å². The summed E-state index contributed by atoms with van der Waals surface area (Å²) in [5, 5.41) is 0. The van der Waals surface area contributed by atoms with Crippen LogP contribution in [0.25, 0.3) is 11.1 Å². The fraction of sp³-hybridized carbons (Fsp3) is 0.143. The second kappa shape index (κ2) is 4.22. The van der Waals surface area contributed by atoms with Crippen molar-refractivity contribution in [2.75, 3.05) is 5.73 Å². The summed E-state index contributed by atoms with van der Waals surface area (Å²) in [5.41, 5.74) is 11.5. The monoisotopic (exact) mass is 229 g/mol. The quantitative estimate of drug-likeness (QED) is 0.564. The lowest BCUT2D eigenvalue weighted by Crippen LogP contribution is -1.93. The largest absolute Gasteiger partial charge is 0.398 e. The molecule has 0 radical (unpaired) electrons. The first kappa shape index (κ1) is 11.1. The Hall–Kier alpha value is -1.41. The molecule has 0 aliphatic rings. The molecule has 2 aromatic carbocycles. The zero-order valence-electron chi connectivity index (χ0n) is 9.49. The van der Waals surface area contributed by atoms with Crippen molar-refractivity contribution in [3.8, 4) is 11.1 Å². The molecule has 0 aliphatic carbocycles. The highest BCUT2D eigenvalue weighted by Crippen LogP contribution is 2.27. The molecule has 0 unspecified atom stereocenters. The van der Waals surface area contributed by atoms with Gasteiger partial charge in [0.15, 0.2) is 0 Å². The molecule has 1 nitrogen and oxygen atoms in total. The zero-order chi connectivity index (χ0) is 11.7. The van der Waals surface area contributed by atoms with Crippen LogP contribution in [0.4, 0.5) is 5.69 Å². The summed E-state index contributed by atoms with van der Waals surface area (Å²) >= 11 is 4.35. The molecule has 0 heterocycles. The van der Waals surface area contributed by atoms with Crippen molar-refractivity contribution in [3.05, 3.63) is 47.5 Å². The van der Waals surface area contributed by atoms with E-state index in [4.69, 9.17) is 5.73 Å². The van der Waals surface area contributed by atoms with Gasteiger partial charge in [-0.2, -0.15) is 0 Å². The number of anilines is 1. The van der Waals surface area contributed by atoms with Gasteiger partial charge in [0.25, 0.3) is 0 Å². The third kappa shape index (κ3) is 2.07. The SMILES string of the molecule is Cc1cc(-c2cccc(S)c2)cc(N)c1C. The summed E-state index contributed by atoms with van der Waals surface area (Å²) in [4.78, 5) is 0.967. The molecule has 0 aliphatic heterocycles. The summed E-state index contributed by atoms with van der Waals surface area (Å²) in [5.74, 6) is 0. The molecule has 0 atom stereocenters. The van der Waals surface area contributed by atoms with Crippen molar-refractivity contribution in [1.82, 2.24) is 0 Å². The van der Waals surface area contributed by atoms with Crippen molar-refractivity contribution in [2.45, 2.75) is 18.7 Å². The molecular weight excluding hydrogens is 214 g/mol. The van der Waals surface area contributed by atoms with Crippen LogP contribution in [0, 0.1) is 13.8 Å². The standard InChI is InChI=1S/C14H15NS/c1-9-6-12(8-14(15)10(9)2)11-4-3-5-13(16)7-11/h3-8,16H,15H2,1-2H3. The van der Waals surface area contributed by atoms with Crippen LogP contribution < -0.4 is 5.73 Å². The van der Waals surface area contributed by atoms with Crippen LogP contribution in [-0.4, -0.2) is 0 Å². The van der Waals surface area contributed by atoms with Crippen LogP contribution >= 0.6 is 12.6 Å². The third-order valence-electron chi connectivity index (χ3n) is 2.89. The minimum atomic E-state index is 0.847. The maximum absolute atomic E-state index is 5.98. The molecule has 0 bridgehead atoms. The Labute approximate surface area is 102 Å². The predicted molar refractivity (Wildman–Crippen MR) is 73.0 cm³/mol. The normalized spacial score (nSPS) is 10.4. The third-order valence-corrected chi connectivity index (χ3v) is 3.17. The summed E-state index contributed by atoms with van der Waals surface area (Å²) in [6.45, 7) is 4.13. The lowest BCUT2D eigenvalue weighted by atomic mass is 9.99. The van der Waals surface area contributed by atoms with Crippen molar-refractivity contribution >= 4 is 18.3 Å². The maximum atomic E-state index is 5.98. The van der Waals surface area contributed by atoms with Gasteiger partial charge in [0.05, 0.1) is 0 Å². The zero-order valence-corrected chi connectivity index (χ0v) is 10.4.